The summed E-state index contributed by atoms with van der Waals surface area (Å²) in [6.07, 6.45) is 0.136. The number of rotatable bonds is 3. The molecule has 0 saturated carbocycles. The molecule has 0 aliphatic heterocycles. The Bertz CT molecular complexity index is 353. The van der Waals surface area contributed by atoms with Gasteiger partial charge in [0.25, 0.3) is 0 Å². The van der Waals surface area contributed by atoms with Gasteiger partial charge in [-0.3, -0.25) is 0 Å². The molecule has 1 unspecified atom stereocenters. The molecule has 1 atom stereocenters. The minimum Gasteiger partial charge on any atom is -0.478 e. The Balaban J connectivity index is 2.94. The number of hydrogen-bond acceptors (Lipinski definition) is 4. The quantitative estimate of drug-likeness (QED) is 0.764. The zero-order valence-corrected chi connectivity index (χ0v) is 7.54. The first kappa shape index (κ1) is 9.71. The van der Waals surface area contributed by atoms with Gasteiger partial charge < -0.3 is 10.8 Å². The summed E-state index contributed by atoms with van der Waals surface area (Å²) in [6.45, 7) is 0. The van der Waals surface area contributed by atoms with Crippen LogP contribution in [0.25, 0.3) is 0 Å². The summed E-state index contributed by atoms with van der Waals surface area (Å²) in [5.74, 6) is -0.996. The summed E-state index contributed by atoms with van der Waals surface area (Å²) < 4.78 is 0. The minimum atomic E-state index is -0.996. The highest BCUT2D eigenvalue weighted by molar-refractivity contribution is 7.08. The third-order valence-corrected chi connectivity index (χ3v) is 2.39. The number of carboxylic acid groups (broad SMARTS) is 1. The third kappa shape index (κ3) is 2.05. The lowest BCUT2D eigenvalue weighted by Gasteiger charge is -2.05. The van der Waals surface area contributed by atoms with E-state index in [1.54, 1.807) is 5.38 Å². The van der Waals surface area contributed by atoms with Crippen molar-refractivity contribution in [3.63, 3.8) is 0 Å². The molecule has 1 aromatic heterocycles. The van der Waals surface area contributed by atoms with Crippen LogP contribution in [0.15, 0.2) is 10.8 Å². The lowest BCUT2D eigenvalue weighted by molar-refractivity contribution is 0.0696. The van der Waals surface area contributed by atoms with E-state index in [1.165, 1.54) is 16.7 Å². The molecular weight excluding hydrogens is 188 g/mol. The second-order valence-corrected chi connectivity index (χ2v) is 3.26. The molecule has 1 aromatic rings. The first-order valence-corrected chi connectivity index (χ1v) is 4.53. The predicted octanol–water partition coefficient (Wildman–Crippen LogP) is 1.36. The number of aromatic carboxylic acids is 1. The van der Waals surface area contributed by atoms with Crippen molar-refractivity contribution >= 4 is 17.3 Å². The third-order valence-electron chi connectivity index (χ3n) is 1.63. The highest BCUT2D eigenvalue weighted by atomic mass is 32.1. The van der Waals surface area contributed by atoms with Gasteiger partial charge in [0.2, 0.25) is 0 Å². The molecule has 0 saturated heterocycles. The molecule has 5 heteroatoms. The SMILES string of the molecule is N#CCC(N)c1cscc1C(=O)O. The maximum atomic E-state index is 10.7. The maximum absolute atomic E-state index is 10.7. The summed E-state index contributed by atoms with van der Waals surface area (Å²) in [7, 11) is 0. The van der Waals surface area contributed by atoms with Gasteiger partial charge in [0.1, 0.15) is 0 Å². The number of carbonyl (C=O) groups is 1. The molecule has 0 aliphatic rings. The van der Waals surface area contributed by atoms with Gasteiger partial charge in [-0.25, -0.2) is 4.79 Å². The Morgan fingerprint density at radius 2 is 2.46 bits per heavy atom. The smallest absolute Gasteiger partial charge is 0.336 e. The van der Waals surface area contributed by atoms with Crippen molar-refractivity contribution < 1.29 is 9.90 Å². The van der Waals surface area contributed by atoms with Crippen molar-refractivity contribution in [2.75, 3.05) is 0 Å². The van der Waals surface area contributed by atoms with Gasteiger partial charge in [-0.2, -0.15) is 16.6 Å². The molecule has 1 rings (SSSR count). The average Bonchev–Trinajstić information content (AvgIpc) is 2.52. The zero-order chi connectivity index (χ0) is 9.84. The van der Waals surface area contributed by atoms with Gasteiger partial charge in [0.15, 0.2) is 0 Å². The van der Waals surface area contributed by atoms with Gasteiger partial charge in [-0.05, 0) is 10.9 Å². The monoisotopic (exact) mass is 196 g/mol. The van der Waals surface area contributed by atoms with Crippen LogP contribution in [-0.4, -0.2) is 11.1 Å². The van der Waals surface area contributed by atoms with E-state index in [-0.39, 0.29) is 12.0 Å². The van der Waals surface area contributed by atoms with Crippen LogP contribution in [0.5, 0.6) is 0 Å². The normalized spacial score (nSPS) is 12.0. The van der Waals surface area contributed by atoms with Crippen LogP contribution in [0.3, 0.4) is 0 Å². The van der Waals surface area contributed by atoms with Crippen LogP contribution in [0, 0.1) is 11.3 Å². The van der Waals surface area contributed by atoms with Crippen LogP contribution in [0.2, 0.25) is 0 Å². The number of hydrogen-bond donors (Lipinski definition) is 2. The fourth-order valence-electron chi connectivity index (χ4n) is 0.976. The molecule has 0 aliphatic carbocycles. The lowest BCUT2D eigenvalue weighted by Crippen LogP contribution is -2.12. The highest BCUT2D eigenvalue weighted by Crippen LogP contribution is 2.22. The number of carboxylic acids is 1. The molecule has 0 bridgehead atoms. The number of thiophene rings is 1. The molecule has 3 N–H and O–H groups in total. The first-order valence-electron chi connectivity index (χ1n) is 3.58. The molecule has 68 valence electrons. The second-order valence-electron chi connectivity index (χ2n) is 2.51. The molecule has 4 nitrogen and oxygen atoms in total. The average molecular weight is 196 g/mol. The van der Waals surface area contributed by atoms with E-state index in [0.29, 0.717) is 5.56 Å². The standard InChI is InChI=1S/C8H8N2O2S/c9-2-1-7(10)5-3-13-4-6(5)8(11)12/h3-4,7H,1,10H2,(H,11,12). The Morgan fingerprint density at radius 3 is 3.00 bits per heavy atom. The van der Waals surface area contributed by atoms with Crippen LogP contribution in [0.1, 0.15) is 28.4 Å². The second kappa shape index (κ2) is 4.03. The Morgan fingerprint density at radius 1 is 1.77 bits per heavy atom. The van der Waals surface area contributed by atoms with Crippen molar-refractivity contribution in [1.29, 1.82) is 5.26 Å². The van der Waals surface area contributed by atoms with Gasteiger partial charge in [-0.15, -0.1) is 0 Å². The number of nitrogens with two attached hydrogens (primary N) is 1. The molecule has 0 radical (unpaired) electrons. The Labute approximate surface area is 79.2 Å². The molecule has 1 heterocycles. The molecule has 13 heavy (non-hydrogen) atoms. The zero-order valence-electron chi connectivity index (χ0n) is 6.73. The molecule has 0 spiro atoms. The van der Waals surface area contributed by atoms with Crippen LogP contribution >= 0.6 is 11.3 Å². The van der Waals surface area contributed by atoms with Gasteiger partial charge in [0, 0.05) is 11.4 Å². The van der Waals surface area contributed by atoms with E-state index in [4.69, 9.17) is 16.1 Å². The van der Waals surface area contributed by atoms with E-state index in [0.717, 1.165) is 0 Å². The van der Waals surface area contributed by atoms with E-state index in [1.807, 2.05) is 6.07 Å². The van der Waals surface area contributed by atoms with Crippen molar-refractivity contribution in [2.45, 2.75) is 12.5 Å². The maximum Gasteiger partial charge on any atom is 0.336 e. The van der Waals surface area contributed by atoms with E-state index in [9.17, 15) is 4.79 Å². The summed E-state index contributed by atoms with van der Waals surface area (Å²) >= 11 is 1.28. The van der Waals surface area contributed by atoms with Crippen LogP contribution in [-0.2, 0) is 0 Å². The summed E-state index contributed by atoms with van der Waals surface area (Å²) in [5, 5.41) is 20.3. The first-order chi connectivity index (χ1) is 6.16. The lowest BCUT2D eigenvalue weighted by atomic mass is 10.0. The van der Waals surface area contributed by atoms with E-state index < -0.39 is 12.0 Å². The van der Waals surface area contributed by atoms with Crippen LogP contribution < -0.4 is 5.73 Å². The fraction of sp³-hybridized carbons (Fsp3) is 0.250. The predicted molar refractivity (Wildman–Crippen MR) is 48.4 cm³/mol. The van der Waals surface area contributed by atoms with E-state index in [2.05, 4.69) is 0 Å². The Hall–Kier alpha value is -1.38. The van der Waals surface area contributed by atoms with Gasteiger partial charge >= 0.3 is 5.97 Å². The largest absolute Gasteiger partial charge is 0.478 e. The number of nitrogens with zero attached hydrogens (tertiary/aromatic N) is 1. The molecular formula is C8H8N2O2S. The van der Waals surface area contributed by atoms with Gasteiger partial charge in [0.05, 0.1) is 18.1 Å². The molecule has 0 amide bonds. The Kier molecular flexibility index (Phi) is 3.01. The minimum absolute atomic E-state index is 0.136. The fourth-order valence-corrected chi connectivity index (χ4v) is 1.87. The number of nitriles is 1. The van der Waals surface area contributed by atoms with Crippen molar-refractivity contribution in [1.82, 2.24) is 0 Å². The summed E-state index contributed by atoms with van der Waals surface area (Å²) in [5.41, 5.74) is 6.35. The highest BCUT2D eigenvalue weighted by Gasteiger charge is 2.16. The summed E-state index contributed by atoms with van der Waals surface area (Å²) in [4.78, 5) is 10.7. The van der Waals surface area contributed by atoms with Crippen molar-refractivity contribution in [3.05, 3.63) is 21.9 Å². The van der Waals surface area contributed by atoms with Crippen molar-refractivity contribution in [2.24, 2.45) is 5.73 Å². The molecule has 0 fully saturated rings. The molecule has 0 aromatic carbocycles. The van der Waals surface area contributed by atoms with Crippen LogP contribution in [0.4, 0.5) is 0 Å². The van der Waals surface area contributed by atoms with Crippen molar-refractivity contribution in [3.8, 4) is 6.07 Å². The van der Waals surface area contributed by atoms with Gasteiger partial charge in [-0.1, -0.05) is 0 Å². The van der Waals surface area contributed by atoms with E-state index >= 15 is 0 Å². The topological polar surface area (TPSA) is 87.1 Å². The summed E-state index contributed by atoms with van der Waals surface area (Å²) in [6, 6.07) is 1.41.